The first-order chi connectivity index (χ1) is 16.1. The first kappa shape index (κ1) is 19.4. The van der Waals surface area contributed by atoms with Crippen LogP contribution >= 0.6 is 0 Å². The summed E-state index contributed by atoms with van der Waals surface area (Å²) >= 11 is 0. The molecule has 5 aromatic rings. The summed E-state index contributed by atoms with van der Waals surface area (Å²) in [6, 6.07) is 15.3. The molecule has 4 heterocycles. The molecule has 0 atom stereocenters. The van der Waals surface area contributed by atoms with Crippen molar-refractivity contribution < 1.29 is 13.9 Å². The normalized spacial score (nSPS) is 12.5. The van der Waals surface area contributed by atoms with Crippen LogP contribution in [0, 0.1) is 13.8 Å². The summed E-state index contributed by atoms with van der Waals surface area (Å²) in [4.78, 5) is 17.9. The molecular formula is C25H20N4O4. The molecule has 1 aliphatic heterocycles. The monoisotopic (exact) mass is 440 g/mol. The molecule has 33 heavy (non-hydrogen) atoms. The van der Waals surface area contributed by atoms with Crippen LogP contribution in [0.15, 0.2) is 70.1 Å². The number of rotatable bonds is 4. The van der Waals surface area contributed by atoms with Crippen molar-refractivity contribution in [2.45, 2.75) is 20.4 Å². The predicted molar refractivity (Wildman–Crippen MR) is 122 cm³/mol. The average molecular weight is 440 g/mol. The van der Waals surface area contributed by atoms with Gasteiger partial charge in [0.05, 0.1) is 12.2 Å². The summed E-state index contributed by atoms with van der Waals surface area (Å²) in [5.74, 6) is 2.63. The van der Waals surface area contributed by atoms with E-state index in [0.717, 1.165) is 22.4 Å². The fourth-order valence-electron chi connectivity index (χ4n) is 4.01. The van der Waals surface area contributed by atoms with Crippen molar-refractivity contribution in [1.29, 1.82) is 0 Å². The third kappa shape index (κ3) is 3.27. The molecule has 0 fully saturated rings. The number of oxazole rings is 1. The van der Waals surface area contributed by atoms with Gasteiger partial charge in [-0.05, 0) is 49.7 Å². The van der Waals surface area contributed by atoms with E-state index in [1.807, 2.05) is 56.3 Å². The Bertz CT molecular complexity index is 1580. The van der Waals surface area contributed by atoms with Crippen molar-refractivity contribution in [3.05, 3.63) is 88.3 Å². The summed E-state index contributed by atoms with van der Waals surface area (Å²) in [5, 5.41) is 4.56. The molecule has 0 radical (unpaired) electrons. The van der Waals surface area contributed by atoms with E-state index < -0.39 is 0 Å². The van der Waals surface area contributed by atoms with Crippen molar-refractivity contribution in [2.24, 2.45) is 0 Å². The van der Waals surface area contributed by atoms with E-state index in [-0.39, 0.29) is 12.4 Å². The van der Waals surface area contributed by atoms with Gasteiger partial charge in [0.25, 0.3) is 5.56 Å². The SMILES string of the molecule is Cc1ccccc1-c1nc(Cn2ccn3nc(-c4ccc5c(c4)OCO5)cc3c2=O)c(C)o1. The van der Waals surface area contributed by atoms with Gasteiger partial charge in [-0.2, -0.15) is 5.10 Å². The Labute approximate surface area is 188 Å². The van der Waals surface area contributed by atoms with Crippen LogP contribution in [0.2, 0.25) is 0 Å². The summed E-state index contributed by atoms with van der Waals surface area (Å²) in [7, 11) is 0. The minimum absolute atomic E-state index is 0.156. The number of aromatic nitrogens is 4. The Morgan fingerprint density at radius 3 is 2.73 bits per heavy atom. The highest BCUT2D eigenvalue weighted by Gasteiger charge is 2.17. The Balaban J connectivity index is 1.35. The zero-order valence-electron chi connectivity index (χ0n) is 18.1. The molecule has 1 aliphatic rings. The number of nitrogens with zero attached hydrogens (tertiary/aromatic N) is 4. The van der Waals surface area contributed by atoms with Gasteiger partial charge >= 0.3 is 0 Å². The maximum Gasteiger partial charge on any atom is 0.276 e. The van der Waals surface area contributed by atoms with Gasteiger partial charge < -0.3 is 18.5 Å². The van der Waals surface area contributed by atoms with Crippen LogP contribution in [-0.2, 0) is 6.54 Å². The van der Waals surface area contributed by atoms with Gasteiger partial charge in [-0.15, -0.1) is 0 Å². The predicted octanol–water partition coefficient (Wildman–Crippen LogP) is 4.21. The Morgan fingerprint density at radius 1 is 1.00 bits per heavy atom. The molecule has 3 aromatic heterocycles. The Hall–Kier alpha value is -4.33. The van der Waals surface area contributed by atoms with E-state index in [0.29, 0.717) is 40.9 Å². The lowest BCUT2D eigenvalue weighted by atomic mass is 10.1. The van der Waals surface area contributed by atoms with Crippen LogP contribution in [-0.4, -0.2) is 26.0 Å². The van der Waals surface area contributed by atoms with Gasteiger partial charge in [0.1, 0.15) is 17.0 Å². The first-order valence-corrected chi connectivity index (χ1v) is 10.6. The lowest BCUT2D eigenvalue weighted by Gasteiger charge is -2.04. The molecule has 8 heteroatoms. The number of ether oxygens (including phenoxy) is 2. The summed E-state index contributed by atoms with van der Waals surface area (Å²) in [6.07, 6.45) is 3.48. The number of hydrogen-bond donors (Lipinski definition) is 0. The van der Waals surface area contributed by atoms with Crippen molar-refractivity contribution in [3.63, 3.8) is 0 Å². The maximum absolute atomic E-state index is 13.2. The van der Waals surface area contributed by atoms with Crippen molar-refractivity contribution in [1.82, 2.24) is 19.2 Å². The smallest absolute Gasteiger partial charge is 0.276 e. The summed E-state index contributed by atoms with van der Waals surface area (Å²) < 4.78 is 20.0. The highest BCUT2D eigenvalue weighted by atomic mass is 16.7. The van der Waals surface area contributed by atoms with Crippen molar-refractivity contribution >= 4 is 5.52 Å². The molecule has 0 amide bonds. The van der Waals surface area contributed by atoms with E-state index in [2.05, 4.69) is 10.1 Å². The van der Waals surface area contributed by atoms with Gasteiger partial charge in [0, 0.05) is 23.5 Å². The number of aryl methyl sites for hydroxylation is 2. The minimum Gasteiger partial charge on any atom is -0.454 e. The molecule has 0 bridgehead atoms. The van der Waals surface area contributed by atoms with E-state index in [1.54, 1.807) is 27.5 Å². The number of benzene rings is 2. The topological polar surface area (TPSA) is 83.8 Å². The fraction of sp³-hybridized carbons (Fsp3) is 0.160. The van der Waals surface area contributed by atoms with Gasteiger partial charge in [-0.25, -0.2) is 9.50 Å². The van der Waals surface area contributed by atoms with Gasteiger partial charge in [0.15, 0.2) is 11.5 Å². The van der Waals surface area contributed by atoms with Gasteiger partial charge in [0.2, 0.25) is 12.7 Å². The second-order valence-electron chi connectivity index (χ2n) is 8.00. The van der Waals surface area contributed by atoms with Gasteiger partial charge in [-0.3, -0.25) is 4.79 Å². The molecule has 0 N–H and O–H groups in total. The highest BCUT2D eigenvalue weighted by molar-refractivity contribution is 5.68. The molecule has 6 rings (SSSR count). The van der Waals surface area contributed by atoms with Gasteiger partial charge in [-0.1, -0.05) is 18.2 Å². The average Bonchev–Trinajstić information content (AvgIpc) is 3.54. The molecule has 0 spiro atoms. The highest BCUT2D eigenvalue weighted by Crippen LogP contribution is 2.35. The third-order valence-corrected chi connectivity index (χ3v) is 5.86. The molecule has 0 aliphatic carbocycles. The number of fused-ring (bicyclic) bond motifs is 2. The largest absolute Gasteiger partial charge is 0.454 e. The zero-order valence-corrected chi connectivity index (χ0v) is 18.1. The Morgan fingerprint density at radius 2 is 1.85 bits per heavy atom. The lowest BCUT2D eigenvalue weighted by Crippen LogP contribution is -2.22. The molecular weight excluding hydrogens is 420 g/mol. The van der Waals surface area contributed by atoms with Crippen LogP contribution < -0.4 is 15.0 Å². The Kier molecular flexibility index (Phi) is 4.33. The molecule has 0 saturated heterocycles. The van der Waals surface area contributed by atoms with Crippen LogP contribution in [0.5, 0.6) is 11.5 Å². The molecule has 0 saturated carbocycles. The first-order valence-electron chi connectivity index (χ1n) is 10.6. The molecule has 164 valence electrons. The van der Waals surface area contributed by atoms with E-state index in [9.17, 15) is 4.79 Å². The van der Waals surface area contributed by atoms with E-state index >= 15 is 0 Å². The standard InChI is InChI=1S/C25H20N4O4/c1-15-5-3-4-6-18(15)24-26-20(16(2)33-24)13-28-9-10-29-21(25(28)30)12-19(27-29)17-7-8-22-23(11-17)32-14-31-22/h3-12H,13-14H2,1-2H3. The second-order valence-corrected chi connectivity index (χ2v) is 8.00. The zero-order chi connectivity index (χ0) is 22.5. The quantitative estimate of drug-likeness (QED) is 0.416. The van der Waals surface area contributed by atoms with E-state index in [4.69, 9.17) is 13.9 Å². The second kappa shape index (κ2) is 7.37. The minimum atomic E-state index is -0.156. The van der Waals surface area contributed by atoms with Crippen LogP contribution in [0.25, 0.3) is 28.2 Å². The van der Waals surface area contributed by atoms with E-state index in [1.165, 1.54) is 0 Å². The molecule has 8 nitrogen and oxygen atoms in total. The van der Waals surface area contributed by atoms with Crippen molar-refractivity contribution in [3.8, 4) is 34.2 Å². The molecule has 2 aromatic carbocycles. The van der Waals surface area contributed by atoms with Crippen molar-refractivity contribution in [2.75, 3.05) is 6.79 Å². The lowest BCUT2D eigenvalue weighted by molar-refractivity contribution is 0.174. The maximum atomic E-state index is 13.2. The molecule has 0 unspecified atom stereocenters. The fourth-order valence-corrected chi connectivity index (χ4v) is 4.01. The van der Waals surface area contributed by atoms with Crippen LogP contribution in [0.3, 0.4) is 0 Å². The third-order valence-electron chi connectivity index (χ3n) is 5.86. The summed E-state index contributed by atoms with van der Waals surface area (Å²) in [5.41, 5.74) is 4.60. The number of hydrogen-bond acceptors (Lipinski definition) is 6. The summed E-state index contributed by atoms with van der Waals surface area (Å²) in [6.45, 7) is 4.40. The van der Waals surface area contributed by atoms with Crippen LogP contribution in [0.4, 0.5) is 0 Å². The van der Waals surface area contributed by atoms with Crippen LogP contribution in [0.1, 0.15) is 17.0 Å².